The zero-order chi connectivity index (χ0) is 17.5. The molecular formula is C19H20ClNO3. The van der Waals surface area contributed by atoms with Gasteiger partial charge in [0.2, 0.25) is 0 Å². The number of rotatable bonds is 6. The van der Waals surface area contributed by atoms with E-state index in [9.17, 15) is 9.59 Å². The van der Waals surface area contributed by atoms with Gasteiger partial charge >= 0.3 is 5.97 Å². The molecule has 2 aromatic carbocycles. The minimum absolute atomic E-state index is 0.0372. The van der Waals surface area contributed by atoms with Crippen LogP contribution < -0.4 is 5.32 Å². The number of anilines is 1. The molecule has 0 aromatic heterocycles. The molecule has 5 heteroatoms. The highest BCUT2D eigenvalue weighted by molar-refractivity contribution is 6.31. The summed E-state index contributed by atoms with van der Waals surface area (Å²) in [7, 11) is 0. The minimum atomic E-state index is -0.490. The van der Waals surface area contributed by atoms with E-state index in [1.807, 2.05) is 24.3 Å². The summed E-state index contributed by atoms with van der Waals surface area (Å²) in [5, 5.41) is 3.28. The molecular weight excluding hydrogens is 326 g/mol. The highest BCUT2D eigenvalue weighted by Gasteiger charge is 2.12. The molecule has 0 aliphatic heterocycles. The molecule has 0 aliphatic carbocycles. The number of para-hydroxylation sites is 1. The molecule has 2 aromatic rings. The molecule has 1 amide bonds. The molecule has 0 aliphatic rings. The van der Waals surface area contributed by atoms with Crippen LogP contribution in [0.4, 0.5) is 5.69 Å². The zero-order valence-corrected chi connectivity index (χ0v) is 14.5. The first-order valence-corrected chi connectivity index (χ1v) is 8.13. The van der Waals surface area contributed by atoms with E-state index >= 15 is 0 Å². The molecule has 0 spiro atoms. The number of ether oxygens (including phenoxy) is 1. The van der Waals surface area contributed by atoms with Gasteiger partial charge in [0, 0.05) is 10.7 Å². The fraction of sp³-hybridized carbons (Fsp3) is 0.263. The van der Waals surface area contributed by atoms with Gasteiger partial charge in [-0.2, -0.15) is 0 Å². The largest absolute Gasteiger partial charge is 0.455 e. The van der Waals surface area contributed by atoms with Crippen LogP contribution in [0.1, 0.15) is 30.9 Å². The van der Waals surface area contributed by atoms with Crippen LogP contribution in [0.15, 0.2) is 48.5 Å². The van der Waals surface area contributed by atoms with E-state index in [-0.39, 0.29) is 24.9 Å². The average Bonchev–Trinajstić information content (AvgIpc) is 2.55. The highest BCUT2D eigenvalue weighted by atomic mass is 35.5. The van der Waals surface area contributed by atoms with Gasteiger partial charge in [-0.05, 0) is 29.2 Å². The molecule has 24 heavy (non-hydrogen) atoms. The lowest BCUT2D eigenvalue weighted by Crippen LogP contribution is -2.22. The maximum atomic E-state index is 12.0. The number of esters is 1. The maximum absolute atomic E-state index is 12.0. The van der Waals surface area contributed by atoms with E-state index in [2.05, 4.69) is 19.2 Å². The molecule has 0 bridgehead atoms. The lowest BCUT2D eigenvalue weighted by molar-refractivity contribution is -0.146. The van der Waals surface area contributed by atoms with Gasteiger partial charge in [0.25, 0.3) is 5.91 Å². The summed E-state index contributed by atoms with van der Waals surface area (Å²) in [6.07, 6.45) is 0.0372. The van der Waals surface area contributed by atoms with Gasteiger partial charge in [-0.1, -0.05) is 61.8 Å². The van der Waals surface area contributed by atoms with Crippen LogP contribution in [0.25, 0.3) is 0 Å². The van der Waals surface area contributed by atoms with Crippen LogP contribution in [0.3, 0.4) is 0 Å². The second-order valence-electron chi connectivity index (χ2n) is 5.72. The number of benzene rings is 2. The van der Waals surface area contributed by atoms with E-state index < -0.39 is 5.97 Å². The number of nitrogens with one attached hydrogen (secondary N) is 1. The molecule has 126 valence electrons. The Labute approximate surface area is 146 Å². The van der Waals surface area contributed by atoms with E-state index in [0.29, 0.717) is 10.6 Å². The van der Waals surface area contributed by atoms with Gasteiger partial charge in [-0.3, -0.25) is 9.59 Å². The summed E-state index contributed by atoms with van der Waals surface area (Å²) in [5.74, 6) is -0.574. The second-order valence-corrected chi connectivity index (χ2v) is 6.13. The Bertz CT molecular complexity index is 728. The zero-order valence-electron chi connectivity index (χ0n) is 13.7. The second kappa shape index (κ2) is 8.50. The number of carbonyl (C=O) groups excluding carboxylic acids is 2. The van der Waals surface area contributed by atoms with Crippen LogP contribution in [0.2, 0.25) is 5.02 Å². The Morgan fingerprint density at radius 1 is 1.08 bits per heavy atom. The SMILES string of the molecule is CC(C)c1ccccc1NC(=O)COC(=O)Cc1ccccc1Cl. The standard InChI is InChI=1S/C19H20ClNO3/c1-13(2)15-8-4-6-10-17(15)21-18(22)12-24-19(23)11-14-7-3-5-9-16(14)20/h3-10,13H,11-12H2,1-2H3,(H,21,22). The van der Waals surface area contributed by atoms with Crippen molar-refractivity contribution < 1.29 is 14.3 Å². The third kappa shape index (κ3) is 5.10. The Kier molecular flexibility index (Phi) is 6.38. The van der Waals surface area contributed by atoms with Crippen molar-refractivity contribution >= 4 is 29.2 Å². The van der Waals surface area contributed by atoms with Crippen LogP contribution in [-0.4, -0.2) is 18.5 Å². The molecule has 1 N–H and O–H groups in total. The van der Waals surface area contributed by atoms with Crippen molar-refractivity contribution in [3.8, 4) is 0 Å². The summed E-state index contributed by atoms with van der Waals surface area (Å²) >= 11 is 6.00. The molecule has 0 radical (unpaired) electrons. The molecule has 0 fully saturated rings. The fourth-order valence-electron chi connectivity index (χ4n) is 2.29. The number of amides is 1. The monoisotopic (exact) mass is 345 g/mol. The van der Waals surface area contributed by atoms with E-state index in [4.69, 9.17) is 16.3 Å². The fourth-order valence-corrected chi connectivity index (χ4v) is 2.50. The van der Waals surface area contributed by atoms with Crippen LogP contribution in [0, 0.1) is 0 Å². The number of carbonyl (C=O) groups is 2. The molecule has 4 nitrogen and oxygen atoms in total. The maximum Gasteiger partial charge on any atom is 0.310 e. The van der Waals surface area contributed by atoms with Gasteiger partial charge in [0.15, 0.2) is 6.61 Å². The van der Waals surface area contributed by atoms with E-state index in [1.54, 1.807) is 24.3 Å². The number of hydrogen-bond donors (Lipinski definition) is 1. The first kappa shape index (κ1) is 18.0. The molecule has 0 unspecified atom stereocenters. The number of halogens is 1. The van der Waals surface area contributed by atoms with E-state index in [1.165, 1.54) is 0 Å². The van der Waals surface area contributed by atoms with Crippen molar-refractivity contribution in [2.75, 3.05) is 11.9 Å². The Morgan fingerprint density at radius 2 is 1.75 bits per heavy atom. The van der Waals surface area contributed by atoms with Gasteiger partial charge in [-0.15, -0.1) is 0 Å². The smallest absolute Gasteiger partial charge is 0.310 e. The third-order valence-electron chi connectivity index (χ3n) is 3.51. The van der Waals surface area contributed by atoms with Gasteiger partial charge in [0.1, 0.15) is 0 Å². The molecule has 0 heterocycles. The van der Waals surface area contributed by atoms with Crippen LogP contribution in [0.5, 0.6) is 0 Å². The van der Waals surface area contributed by atoms with Crippen molar-refractivity contribution in [2.24, 2.45) is 0 Å². The van der Waals surface area contributed by atoms with Gasteiger partial charge in [-0.25, -0.2) is 0 Å². The molecule has 0 saturated carbocycles. The van der Waals surface area contributed by atoms with Crippen molar-refractivity contribution in [3.05, 3.63) is 64.7 Å². The van der Waals surface area contributed by atoms with Crippen LogP contribution in [-0.2, 0) is 20.7 Å². The summed E-state index contributed by atoms with van der Waals surface area (Å²) in [4.78, 5) is 23.8. The van der Waals surface area contributed by atoms with Crippen molar-refractivity contribution in [3.63, 3.8) is 0 Å². The van der Waals surface area contributed by atoms with Crippen molar-refractivity contribution in [1.29, 1.82) is 0 Å². The topological polar surface area (TPSA) is 55.4 Å². The van der Waals surface area contributed by atoms with Gasteiger partial charge < -0.3 is 10.1 Å². The van der Waals surface area contributed by atoms with Gasteiger partial charge in [0.05, 0.1) is 6.42 Å². The molecule has 0 atom stereocenters. The summed E-state index contributed by atoms with van der Waals surface area (Å²) in [6.45, 7) is 3.78. The minimum Gasteiger partial charge on any atom is -0.455 e. The third-order valence-corrected chi connectivity index (χ3v) is 3.88. The molecule has 2 rings (SSSR count). The first-order valence-electron chi connectivity index (χ1n) is 7.75. The highest BCUT2D eigenvalue weighted by Crippen LogP contribution is 2.23. The molecule has 0 saturated heterocycles. The van der Waals surface area contributed by atoms with Crippen molar-refractivity contribution in [2.45, 2.75) is 26.2 Å². The summed E-state index contributed by atoms with van der Waals surface area (Å²) in [6, 6.07) is 14.6. The predicted molar refractivity (Wildman–Crippen MR) is 95.3 cm³/mol. The number of hydrogen-bond acceptors (Lipinski definition) is 3. The Balaban J connectivity index is 1.87. The quantitative estimate of drug-likeness (QED) is 0.799. The first-order chi connectivity index (χ1) is 11.5. The average molecular weight is 346 g/mol. The lowest BCUT2D eigenvalue weighted by Gasteiger charge is -2.13. The normalized spacial score (nSPS) is 10.5. The van der Waals surface area contributed by atoms with Crippen molar-refractivity contribution in [1.82, 2.24) is 0 Å². The van der Waals surface area contributed by atoms with E-state index in [0.717, 1.165) is 11.3 Å². The lowest BCUT2D eigenvalue weighted by atomic mass is 10.0. The Hall–Kier alpha value is -2.33. The summed E-state index contributed by atoms with van der Waals surface area (Å²) in [5.41, 5.74) is 2.45. The van der Waals surface area contributed by atoms with Crippen LogP contribution >= 0.6 is 11.6 Å². The summed E-state index contributed by atoms with van der Waals surface area (Å²) < 4.78 is 5.03. The Morgan fingerprint density at radius 3 is 2.46 bits per heavy atom. The predicted octanol–water partition coefficient (Wildman–Crippen LogP) is 4.19.